The summed E-state index contributed by atoms with van der Waals surface area (Å²) in [5.74, 6) is 0.104. The van der Waals surface area contributed by atoms with Gasteiger partial charge < -0.3 is 20.4 Å². The van der Waals surface area contributed by atoms with Gasteiger partial charge in [0, 0.05) is 43.3 Å². The van der Waals surface area contributed by atoms with Gasteiger partial charge in [0.1, 0.15) is 5.75 Å². The Morgan fingerprint density at radius 3 is 2.78 bits per heavy atom. The molecule has 1 atom stereocenters. The minimum Gasteiger partial charge on any atom is -0.508 e. The molecule has 0 spiro atoms. The molecule has 1 aromatic rings. The van der Waals surface area contributed by atoms with Crippen LogP contribution in [0, 0.1) is 0 Å². The van der Waals surface area contributed by atoms with E-state index in [1.54, 1.807) is 12.1 Å². The van der Waals surface area contributed by atoms with Crippen LogP contribution in [0.25, 0.3) is 0 Å². The van der Waals surface area contributed by atoms with Crippen molar-refractivity contribution in [1.29, 1.82) is 0 Å². The summed E-state index contributed by atoms with van der Waals surface area (Å²) in [5, 5.41) is 23.6. The molecule has 2 rings (SSSR count). The maximum absolute atomic E-state index is 10.1. The summed E-state index contributed by atoms with van der Waals surface area (Å²) < 4.78 is 0. The lowest BCUT2D eigenvalue weighted by Crippen LogP contribution is -2.44. The summed E-state index contributed by atoms with van der Waals surface area (Å²) >= 11 is 5.87. The van der Waals surface area contributed by atoms with Crippen LogP contribution in [0.3, 0.4) is 0 Å². The molecule has 0 amide bonds. The van der Waals surface area contributed by atoms with Gasteiger partial charge in [-0.1, -0.05) is 11.6 Å². The second-order valence-corrected chi connectivity index (χ2v) is 5.04. The topological polar surface area (TPSA) is 55.7 Å². The van der Waals surface area contributed by atoms with Crippen molar-refractivity contribution in [2.24, 2.45) is 0 Å². The number of halogens is 1. The van der Waals surface area contributed by atoms with Gasteiger partial charge in [0.05, 0.1) is 6.10 Å². The smallest absolute Gasteiger partial charge is 0.121 e. The molecule has 4 nitrogen and oxygen atoms in total. The molecule has 0 bridgehead atoms. The highest BCUT2D eigenvalue weighted by molar-refractivity contribution is 6.30. The van der Waals surface area contributed by atoms with E-state index in [-0.39, 0.29) is 5.75 Å². The molecule has 1 saturated heterocycles. The molecule has 5 heteroatoms. The summed E-state index contributed by atoms with van der Waals surface area (Å²) in [6, 6.07) is 4.76. The number of aliphatic hydroxyl groups is 1. The molecule has 1 aromatic carbocycles. The molecule has 0 aliphatic carbocycles. The first-order valence-electron chi connectivity index (χ1n) is 6.26. The third kappa shape index (κ3) is 3.59. The molecule has 0 radical (unpaired) electrons. The zero-order valence-electron chi connectivity index (χ0n) is 10.3. The van der Waals surface area contributed by atoms with Crippen LogP contribution in [0.5, 0.6) is 5.75 Å². The molecule has 3 N–H and O–H groups in total. The van der Waals surface area contributed by atoms with Crippen LogP contribution in [0.2, 0.25) is 5.02 Å². The van der Waals surface area contributed by atoms with E-state index < -0.39 is 6.10 Å². The predicted molar refractivity (Wildman–Crippen MR) is 72.0 cm³/mol. The van der Waals surface area contributed by atoms with Crippen molar-refractivity contribution >= 4 is 11.6 Å². The lowest BCUT2D eigenvalue weighted by molar-refractivity contribution is 0.134. The van der Waals surface area contributed by atoms with Gasteiger partial charge in [-0.05, 0) is 24.6 Å². The van der Waals surface area contributed by atoms with Crippen LogP contribution in [0.15, 0.2) is 18.2 Å². The number of piperazine rings is 1. The van der Waals surface area contributed by atoms with Crippen LogP contribution in [-0.4, -0.2) is 47.8 Å². The van der Waals surface area contributed by atoms with Crippen LogP contribution < -0.4 is 5.32 Å². The lowest BCUT2D eigenvalue weighted by Gasteiger charge is -2.28. The van der Waals surface area contributed by atoms with E-state index in [9.17, 15) is 10.2 Å². The van der Waals surface area contributed by atoms with Gasteiger partial charge >= 0.3 is 0 Å². The Morgan fingerprint density at radius 1 is 1.33 bits per heavy atom. The summed E-state index contributed by atoms with van der Waals surface area (Å²) in [5.41, 5.74) is 0.512. The van der Waals surface area contributed by atoms with Crippen LogP contribution >= 0.6 is 11.6 Å². The molecule has 1 heterocycles. The van der Waals surface area contributed by atoms with Gasteiger partial charge in [-0.2, -0.15) is 0 Å². The van der Waals surface area contributed by atoms with E-state index in [4.69, 9.17) is 11.6 Å². The molecular weight excluding hydrogens is 252 g/mol. The van der Waals surface area contributed by atoms with Gasteiger partial charge in [0.25, 0.3) is 0 Å². The molecule has 0 saturated carbocycles. The van der Waals surface area contributed by atoms with E-state index in [0.29, 0.717) is 17.0 Å². The fraction of sp³-hybridized carbons (Fsp3) is 0.538. The molecule has 1 aliphatic heterocycles. The Labute approximate surface area is 112 Å². The second kappa shape index (κ2) is 6.38. The zero-order valence-corrected chi connectivity index (χ0v) is 11.0. The number of hydrogen-bond donors (Lipinski definition) is 3. The standard InChI is InChI=1S/C13H19ClN2O2/c14-10-1-2-12(17)11(9-10)13(18)3-6-16-7-4-15-5-8-16/h1-2,9,13,15,17-18H,3-8H2. The first kappa shape index (κ1) is 13.6. The third-order valence-corrected chi connectivity index (χ3v) is 3.51. The van der Waals surface area contributed by atoms with Crippen molar-refractivity contribution in [2.75, 3.05) is 32.7 Å². The average Bonchev–Trinajstić information content (AvgIpc) is 2.40. The molecule has 0 aromatic heterocycles. The summed E-state index contributed by atoms with van der Waals surface area (Å²) in [6.45, 7) is 4.84. The highest BCUT2D eigenvalue weighted by Crippen LogP contribution is 2.29. The number of benzene rings is 1. The number of rotatable bonds is 4. The quantitative estimate of drug-likeness (QED) is 0.774. The summed E-state index contributed by atoms with van der Waals surface area (Å²) in [4.78, 5) is 2.31. The van der Waals surface area contributed by atoms with E-state index in [2.05, 4.69) is 10.2 Å². The number of nitrogens with zero attached hydrogens (tertiary/aromatic N) is 1. The van der Waals surface area contributed by atoms with E-state index in [1.165, 1.54) is 6.07 Å². The fourth-order valence-corrected chi connectivity index (χ4v) is 2.37. The Balaban J connectivity index is 1.90. The molecular formula is C13H19ClN2O2. The minimum atomic E-state index is -0.668. The first-order valence-corrected chi connectivity index (χ1v) is 6.64. The minimum absolute atomic E-state index is 0.104. The maximum Gasteiger partial charge on any atom is 0.121 e. The van der Waals surface area contributed by atoms with Crippen molar-refractivity contribution in [3.8, 4) is 5.75 Å². The molecule has 1 unspecified atom stereocenters. The summed E-state index contributed by atoms with van der Waals surface area (Å²) in [7, 11) is 0. The lowest BCUT2D eigenvalue weighted by atomic mass is 10.1. The Morgan fingerprint density at radius 2 is 2.06 bits per heavy atom. The molecule has 18 heavy (non-hydrogen) atoms. The van der Waals surface area contributed by atoms with Gasteiger partial charge in [-0.15, -0.1) is 0 Å². The van der Waals surface area contributed by atoms with Crippen LogP contribution in [0.1, 0.15) is 18.1 Å². The van der Waals surface area contributed by atoms with Gasteiger partial charge in [0.2, 0.25) is 0 Å². The first-order chi connectivity index (χ1) is 8.66. The Bertz CT molecular complexity index is 395. The second-order valence-electron chi connectivity index (χ2n) is 4.60. The third-order valence-electron chi connectivity index (χ3n) is 3.28. The number of nitrogens with one attached hydrogen (secondary N) is 1. The largest absolute Gasteiger partial charge is 0.508 e. The van der Waals surface area contributed by atoms with Crippen molar-refractivity contribution < 1.29 is 10.2 Å². The number of aromatic hydroxyl groups is 1. The predicted octanol–water partition coefficient (Wildman–Crippen LogP) is 1.37. The van der Waals surface area contributed by atoms with Crippen molar-refractivity contribution in [3.63, 3.8) is 0 Å². The highest BCUT2D eigenvalue weighted by atomic mass is 35.5. The van der Waals surface area contributed by atoms with Crippen molar-refractivity contribution in [2.45, 2.75) is 12.5 Å². The maximum atomic E-state index is 10.1. The number of phenols is 1. The van der Waals surface area contributed by atoms with Crippen LogP contribution in [-0.2, 0) is 0 Å². The van der Waals surface area contributed by atoms with E-state index in [0.717, 1.165) is 32.7 Å². The monoisotopic (exact) mass is 270 g/mol. The molecule has 100 valence electrons. The van der Waals surface area contributed by atoms with Crippen molar-refractivity contribution in [1.82, 2.24) is 10.2 Å². The average molecular weight is 271 g/mol. The fourth-order valence-electron chi connectivity index (χ4n) is 2.19. The van der Waals surface area contributed by atoms with Gasteiger partial charge in [-0.3, -0.25) is 0 Å². The number of phenolic OH excluding ortho intramolecular Hbond substituents is 1. The number of aliphatic hydroxyl groups excluding tert-OH is 1. The zero-order chi connectivity index (χ0) is 13.0. The van der Waals surface area contributed by atoms with Crippen LogP contribution in [0.4, 0.5) is 0 Å². The summed E-state index contributed by atoms with van der Waals surface area (Å²) in [6.07, 6.45) is -0.0629. The van der Waals surface area contributed by atoms with E-state index >= 15 is 0 Å². The van der Waals surface area contributed by atoms with E-state index in [1.807, 2.05) is 0 Å². The Kier molecular flexibility index (Phi) is 4.83. The van der Waals surface area contributed by atoms with Crippen molar-refractivity contribution in [3.05, 3.63) is 28.8 Å². The SMILES string of the molecule is Oc1ccc(Cl)cc1C(O)CCN1CCNCC1. The number of hydrogen-bond acceptors (Lipinski definition) is 4. The molecule has 1 aliphatic rings. The normalized spacial score (nSPS) is 18.8. The molecule has 1 fully saturated rings. The van der Waals surface area contributed by atoms with Gasteiger partial charge in [0.15, 0.2) is 0 Å². The highest BCUT2D eigenvalue weighted by Gasteiger charge is 2.16. The van der Waals surface area contributed by atoms with Gasteiger partial charge in [-0.25, -0.2) is 0 Å². The Hall–Kier alpha value is -0.810.